The third-order valence-electron chi connectivity index (χ3n) is 2.64. The quantitative estimate of drug-likeness (QED) is 0.835. The Kier molecular flexibility index (Phi) is 4.86. The van der Waals surface area contributed by atoms with E-state index in [-0.39, 0.29) is 17.4 Å². The molecule has 20 heavy (non-hydrogen) atoms. The van der Waals surface area contributed by atoms with Crippen LogP contribution in [0.1, 0.15) is 50.4 Å². The molecule has 0 unspecified atom stereocenters. The van der Waals surface area contributed by atoms with E-state index in [4.69, 9.17) is 9.63 Å². The first kappa shape index (κ1) is 16.1. The second-order valence-electron chi connectivity index (χ2n) is 5.54. The molecule has 0 aliphatic rings. The van der Waals surface area contributed by atoms with Crippen molar-refractivity contribution in [3.8, 4) is 0 Å². The van der Waals surface area contributed by atoms with Gasteiger partial charge in [0.25, 0.3) is 5.91 Å². The summed E-state index contributed by atoms with van der Waals surface area (Å²) in [6.07, 6.45) is 0.292. The fourth-order valence-corrected chi connectivity index (χ4v) is 1.59. The number of hydrogen-bond acceptors (Lipinski definition) is 4. The summed E-state index contributed by atoms with van der Waals surface area (Å²) in [5.41, 5.74) is -1.89. The lowest BCUT2D eigenvalue weighted by molar-refractivity contribution is -0.139. The molecule has 1 atom stereocenters. The molecule has 1 rings (SSSR count). The van der Waals surface area contributed by atoms with Gasteiger partial charge in [-0.2, -0.15) is 0 Å². The zero-order valence-electron chi connectivity index (χ0n) is 11.9. The van der Waals surface area contributed by atoms with Crippen molar-refractivity contribution in [3.63, 3.8) is 0 Å². The summed E-state index contributed by atoms with van der Waals surface area (Å²) >= 11 is 0. The molecule has 1 aromatic rings. The van der Waals surface area contributed by atoms with Crippen molar-refractivity contribution in [3.05, 3.63) is 17.5 Å². The van der Waals surface area contributed by atoms with E-state index in [1.807, 2.05) is 13.8 Å². The first-order valence-electron chi connectivity index (χ1n) is 6.31. The minimum Gasteiger partial charge on any atom is -0.480 e. The molecule has 0 saturated carbocycles. The summed E-state index contributed by atoms with van der Waals surface area (Å²) < 4.78 is 18.3. The molecule has 0 aliphatic carbocycles. The molecule has 1 aromatic heterocycles. The number of nitrogens with one attached hydrogen (secondary N) is 1. The first-order chi connectivity index (χ1) is 9.11. The Morgan fingerprint density at radius 1 is 1.50 bits per heavy atom. The zero-order chi connectivity index (χ0) is 15.5. The number of aromatic nitrogens is 1. The van der Waals surface area contributed by atoms with Gasteiger partial charge in [-0.1, -0.05) is 19.0 Å². The van der Waals surface area contributed by atoms with Gasteiger partial charge >= 0.3 is 5.97 Å². The summed E-state index contributed by atoms with van der Waals surface area (Å²) in [5.74, 6) is -1.80. The van der Waals surface area contributed by atoms with E-state index in [0.29, 0.717) is 6.42 Å². The van der Waals surface area contributed by atoms with E-state index in [9.17, 15) is 14.0 Å². The van der Waals surface area contributed by atoms with E-state index < -0.39 is 23.6 Å². The van der Waals surface area contributed by atoms with E-state index in [1.165, 1.54) is 19.9 Å². The molecule has 1 amide bonds. The molecule has 0 radical (unpaired) electrons. The number of alkyl halides is 1. The molecule has 0 spiro atoms. The molecule has 2 N–H and O–H groups in total. The van der Waals surface area contributed by atoms with Gasteiger partial charge in [0.15, 0.2) is 17.1 Å². The van der Waals surface area contributed by atoms with Crippen molar-refractivity contribution in [1.29, 1.82) is 0 Å². The number of carbonyl (C=O) groups excluding carboxylic acids is 1. The highest BCUT2D eigenvalue weighted by atomic mass is 19.1. The monoisotopic (exact) mass is 286 g/mol. The number of hydrogen-bond donors (Lipinski definition) is 2. The topological polar surface area (TPSA) is 92.4 Å². The van der Waals surface area contributed by atoms with Gasteiger partial charge in [0, 0.05) is 6.07 Å². The molecular weight excluding hydrogens is 267 g/mol. The maximum atomic E-state index is 13.6. The second kappa shape index (κ2) is 6.02. The lowest BCUT2D eigenvalue weighted by atomic mass is 10.0. The predicted molar refractivity (Wildman–Crippen MR) is 69.0 cm³/mol. The van der Waals surface area contributed by atoms with Gasteiger partial charge in [-0.15, -0.1) is 0 Å². The number of aliphatic carboxylic acids is 1. The van der Waals surface area contributed by atoms with Gasteiger partial charge in [-0.3, -0.25) is 4.79 Å². The Morgan fingerprint density at radius 3 is 2.50 bits per heavy atom. The number of halogens is 1. The van der Waals surface area contributed by atoms with Crippen molar-refractivity contribution in [1.82, 2.24) is 10.5 Å². The van der Waals surface area contributed by atoms with Crippen LogP contribution in [0.4, 0.5) is 4.39 Å². The highest BCUT2D eigenvalue weighted by Crippen LogP contribution is 2.24. The maximum Gasteiger partial charge on any atom is 0.326 e. The Morgan fingerprint density at radius 2 is 2.10 bits per heavy atom. The normalized spacial score (nSPS) is 13.3. The van der Waals surface area contributed by atoms with Crippen LogP contribution in [-0.2, 0) is 10.5 Å². The molecule has 0 aliphatic heterocycles. The van der Waals surface area contributed by atoms with Crippen LogP contribution in [-0.4, -0.2) is 28.2 Å². The fourth-order valence-electron chi connectivity index (χ4n) is 1.59. The van der Waals surface area contributed by atoms with Crippen molar-refractivity contribution < 1.29 is 23.6 Å². The highest BCUT2D eigenvalue weighted by Gasteiger charge is 2.28. The summed E-state index contributed by atoms with van der Waals surface area (Å²) in [7, 11) is 0. The Bertz CT molecular complexity index is 491. The van der Waals surface area contributed by atoms with Crippen molar-refractivity contribution in [2.75, 3.05) is 0 Å². The van der Waals surface area contributed by atoms with Crippen LogP contribution < -0.4 is 5.32 Å². The van der Waals surface area contributed by atoms with Gasteiger partial charge in [0.1, 0.15) is 6.04 Å². The Hall–Kier alpha value is -1.92. The van der Waals surface area contributed by atoms with Gasteiger partial charge in [-0.25, -0.2) is 9.18 Å². The maximum absolute atomic E-state index is 13.6. The Balaban J connectivity index is 2.79. The molecule has 0 fully saturated rings. The standard InChI is InChI=1S/C13H19FN2O4/c1-7(2)5-9(12(18)19)15-11(17)8-6-10(20-16-8)13(3,4)14/h6-7,9H,5H2,1-4H3,(H,15,17)(H,18,19)/t9-/m0/s1. The number of amides is 1. The van der Waals surface area contributed by atoms with Crippen molar-refractivity contribution >= 4 is 11.9 Å². The second-order valence-corrected chi connectivity index (χ2v) is 5.54. The van der Waals surface area contributed by atoms with E-state index in [1.54, 1.807) is 0 Å². The number of carboxylic acid groups (broad SMARTS) is 1. The lowest BCUT2D eigenvalue weighted by Crippen LogP contribution is -2.41. The van der Waals surface area contributed by atoms with Crippen LogP contribution in [0, 0.1) is 5.92 Å². The smallest absolute Gasteiger partial charge is 0.326 e. The highest BCUT2D eigenvalue weighted by molar-refractivity contribution is 5.94. The summed E-state index contributed by atoms with van der Waals surface area (Å²) in [6.45, 7) is 6.24. The molecular formula is C13H19FN2O4. The van der Waals surface area contributed by atoms with Crippen molar-refractivity contribution in [2.24, 2.45) is 5.92 Å². The molecule has 0 aromatic carbocycles. The third kappa shape index (κ3) is 4.32. The predicted octanol–water partition coefficient (Wildman–Crippen LogP) is 2.11. The average Bonchev–Trinajstić information content (AvgIpc) is 2.75. The van der Waals surface area contributed by atoms with Crippen molar-refractivity contribution in [2.45, 2.75) is 45.8 Å². The van der Waals surface area contributed by atoms with Crippen LogP contribution in [0.5, 0.6) is 0 Å². The Labute approximate surface area is 116 Å². The number of rotatable bonds is 6. The summed E-state index contributed by atoms with van der Waals surface area (Å²) in [6, 6.07) is 0.157. The van der Waals surface area contributed by atoms with Crippen LogP contribution in [0.15, 0.2) is 10.6 Å². The summed E-state index contributed by atoms with van der Waals surface area (Å²) in [4.78, 5) is 22.9. The number of carbonyl (C=O) groups is 2. The minimum atomic E-state index is -1.75. The average molecular weight is 286 g/mol. The van der Waals surface area contributed by atoms with E-state index >= 15 is 0 Å². The molecule has 112 valence electrons. The van der Waals surface area contributed by atoms with Crippen LogP contribution in [0.2, 0.25) is 0 Å². The number of nitrogens with zero attached hydrogens (tertiary/aromatic N) is 1. The third-order valence-corrected chi connectivity index (χ3v) is 2.64. The van der Waals surface area contributed by atoms with Crippen LogP contribution >= 0.6 is 0 Å². The van der Waals surface area contributed by atoms with Gasteiger partial charge in [0.2, 0.25) is 0 Å². The summed E-state index contributed by atoms with van der Waals surface area (Å²) in [5, 5.41) is 14.8. The SMILES string of the molecule is CC(C)C[C@H](NC(=O)c1cc(C(C)(C)F)on1)C(=O)O. The first-order valence-corrected chi connectivity index (χ1v) is 6.31. The largest absolute Gasteiger partial charge is 0.480 e. The van der Waals surface area contributed by atoms with Gasteiger partial charge in [-0.05, 0) is 26.2 Å². The minimum absolute atomic E-state index is 0.0848. The van der Waals surface area contributed by atoms with E-state index in [2.05, 4.69) is 10.5 Å². The molecule has 0 bridgehead atoms. The number of carboxylic acids is 1. The molecule has 6 nitrogen and oxygen atoms in total. The van der Waals surface area contributed by atoms with Gasteiger partial charge < -0.3 is 14.9 Å². The van der Waals surface area contributed by atoms with Crippen LogP contribution in [0.3, 0.4) is 0 Å². The van der Waals surface area contributed by atoms with E-state index in [0.717, 1.165) is 0 Å². The van der Waals surface area contributed by atoms with Crippen LogP contribution in [0.25, 0.3) is 0 Å². The fraction of sp³-hybridized carbons (Fsp3) is 0.615. The molecule has 1 heterocycles. The zero-order valence-corrected chi connectivity index (χ0v) is 11.9. The lowest BCUT2D eigenvalue weighted by Gasteiger charge is -2.15. The molecule has 7 heteroatoms. The molecule has 0 saturated heterocycles. The van der Waals surface area contributed by atoms with Gasteiger partial charge in [0.05, 0.1) is 0 Å².